The number of nitrogens with zero attached hydrogens (tertiary/aromatic N) is 3. The fourth-order valence-corrected chi connectivity index (χ4v) is 5.68. The zero-order valence-corrected chi connectivity index (χ0v) is 22.0. The third-order valence-electron chi connectivity index (χ3n) is 6.30. The van der Waals surface area contributed by atoms with Crippen molar-refractivity contribution >= 4 is 57.5 Å². The van der Waals surface area contributed by atoms with Crippen LogP contribution in [0.3, 0.4) is 0 Å². The summed E-state index contributed by atoms with van der Waals surface area (Å²) in [6.07, 6.45) is 0.750. The van der Waals surface area contributed by atoms with Gasteiger partial charge in [-0.25, -0.2) is 9.24 Å². The molecule has 6 nitrogen and oxygen atoms in total. The number of rotatable bonds is 6. The Kier molecular flexibility index (Phi) is 6.94. The van der Waals surface area contributed by atoms with E-state index in [1.165, 1.54) is 22.3 Å². The molecule has 0 bridgehead atoms. The first-order valence-corrected chi connectivity index (χ1v) is 12.7. The van der Waals surface area contributed by atoms with Gasteiger partial charge in [-0.15, -0.1) is 11.3 Å². The predicted molar refractivity (Wildman–Crippen MR) is 145 cm³/mol. The molecule has 0 aliphatic carbocycles. The van der Waals surface area contributed by atoms with Gasteiger partial charge in [0.05, 0.1) is 11.4 Å². The molecule has 1 fully saturated rings. The first kappa shape index (κ1) is 25.5. The molecule has 4 rings (SSSR count). The number of thiocarbonyl (C=S) groups is 1. The van der Waals surface area contributed by atoms with Gasteiger partial charge in [0.2, 0.25) is 0 Å². The lowest BCUT2D eigenvalue weighted by atomic mass is 10.0. The number of hydrogen-bond donors (Lipinski definition) is 1. The number of benzene rings is 2. The molecule has 1 N–H and O–H groups in total. The van der Waals surface area contributed by atoms with Gasteiger partial charge in [-0.3, -0.25) is 14.5 Å². The number of carbonyl (C=O) groups is 2. The topological polar surface area (TPSA) is 57.0 Å². The number of hydrogen-bond acceptors (Lipinski definition) is 4. The minimum atomic E-state index is -1.05. The summed E-state index contributed by atoms with van der Waals surface area (Å²) in [5.74, 6) is -0.980. The fraction of sp³-hybridized carbons (Fsp3) is 0.259. The van der Waals surface area contributed by atoms with E-state index in [4.69, 9.17) is 18.8 Å². The second-order valence-electron chi connectivity index (χ2n) is 8.99. The molecule has 0 atom stereocenters. The standard InChI is InChI=1S/C27H25FN4O2S2/c1-6-17-11-12-36-23(17)24(33)30-15-18-7-8-20(14-21(18)28)32-26(35)31(25(34)27(32,3)4)19-9-10-22(29-5)16(2)13-19/h7-14H,6,15H2,1-4H3,(H,30,33). The molecule has 184 valence electrons. The molecular weight excluding hydrogens is 495 g/mol. The van der Waals surface area contributed by atoms with Gasteiger partial charge < -0.3 is 10.2 Å². The lowest BCUT2D eigenvalue weighted by Gasteiger charge is -2.29. The van der Waals surface area contributed by atoms with Crippen LogP contribution < -0.4 is 15.1 Å². The Hall–Kier alpha value is -3.61. The molecule has 0 saturated carbocycles. The van der Waals surface area contributed by atoms with Gasteiger partial charge in [0.25, 0.3) is 11.8 Å². The van der Waals surface area contributed by atoms with Crippen LogP contribution >= 0.6 is 23.6 Å². The normalized spacial score (nSPS) is 14.8. The molecule has 2 aromatic carbocycles. The van der Waals surface area contributed by atoms with Crippen molar-refractivity contribution in [3.05, 3.63) is 86.6 Å². The quantitative estimate of drug-likeness (QED) is 0.313. The molecule has 0 radical (unpaired) electrons. The number of thiophene rings is 1. The van der Waals surface area contributed by atoms with Crippen molar-refractivity contribution < 1.29 is 14.0 Å². The molecule has 36 heavy (non-hydrogen) atoms. The highest BCUT2D eigenvalue weighted by molar-refractivity contribution is 7.81. The first-order valence-electron chi connectivity index (χ1n) is 11.4. The second kappa shape index (κ2) is 9.80. The Morgan fingerprint density at radius 2 is 1.89 bits per heavy atom. The third-order valence-corrected chi connectivity index (χ3v) is 7.62. The van der Waals surface area contributed by atoms with Crippen LogP contribution in [-0.2, 0) is 17.8 Å². The van der Waals surface area contributed by atoms with Gasteiger partial charge in [-0.05, 0) is 86.2 Å². The number of nitrogens with one attached hydrogen (secondary N) is 1. The monoisotopic (exact) mass is 520 g/mol. The molecule has 1 saturated heterocycles. The third kappa shape index (κ3) is 4.38. The van der Waals surface area contributed by atoms with Crippen molar-refractivity contribution in [2.24, 2.45) is 0 Å². The summed E-state index contributed by atoms with van der Waals surface area (Å²) in [5.41, 5.74) is 2.48. The van der Waals surface area contributed by atoms with Crippen LogP contribution in [0.25, 0.3) is 4.85 Å². The summed E-state index contributed by atoms with van der Waals surface area (Å²) in [6.45, 7) is 14.5. The molecule has 3 aromatic rings. The largest absolute Gasteiger partial charge is 0.347 e. The van der Waals surface area contributed by atoms with Crippen LogP contribution in [0.4, 0.5) is 21.5 Å². The average Bonchev–Trinajstić information content (AvgIpc) is 3.38. The molecule has 1 aromatic heterocycles. The molecule has 0 unspecified atom stereocenters. The number of aryl methyl sites for hydroxylation is 2. The van der Waals surface area contributed by atoms with Crippen LogP contribution in [0.2, 0.25) is 0 Å². The van der Waals surface area contributed by atoms with E-state index >= 15 is 4.39 Å². The SMILES string of the molecule is [C-]#[N+]c1ccc(N2C(=O)C(C)(C)N(c3ccc(CNC(=O)c4sccc4CC)c(F)c3)C2=S)cc1C. The molecule has 1 aliphatic rings. The summed E-state index contributed by atoms with van der Waals surface area (Å²) >= 11 is 7.04. The van der Waals surface area contributed by atoms with Crippen LogP contribution in [0.5, 0.6) is 0 Å². The van der Waals surface area contributed by atoms with Gasteiger partial charge in [0.15, 0.2) is 10.8 Å². The predicted octanol–water partition coefficient (Wildman–Crippen LogP) is 6.16. The van der Waals surface area contributed by atoms with Crippen LogP contribution in [0, 0.1) is 19.3 Å². The first-order chi connectivity index (χ1) is 17.1. The van der Waals surface area contributed by atoms with Gasteiger partial charge in [-0.1, -0.05) is 19.1 Å². The van der Waals surface area contributed by atoms with Crippen molar-refractivity contribution in [1.82, 2.24) is 5.32 Å². The van der Waals surface area contributed by atoms with Gasteiger partial charge >= 0.3 is 0 Å². The van der Waals surface area contributed by atoms with Crippen molar-refractivity contribution in [3.63, 3.8) is 0 Å². The fourth-order valence-electron chi connectivity index (χ4n) is 4.25. The highest BCUT2D eigenvalue weighted by Crippen LogP contribution is 2.38. The smallest absolute Gasteiger partial charge is 0.261 e. The maximum absolute atomic E-state index is 15.1. The molecule has 2 heterocycles. The number of amides is 2. The van der Waals surface area contributed by atoms with Crippen LogP contribution in [0.15, 0.2) is 47.8 Å². The lowest BCUT2D eigenvalue weighted by Crippen LogP contribution is -2.44. The van der Waals surface area contributed by atoms with Gasteiger partial charge in [-0.2, -0.15) is 0 Å². The molecular formula is C27H25FN4O2S2. The number of halogens is 1. The van der Waals surface area contributed by atoms with Crippen LogP contribution in [-0.4, -0.2) is 22.5 Å². The average molecular weight is 521 g/mol. The van der Waals surface area contributed by atoms with Crippen molar-refractivity contribution in [1.29, 1.82) is 0 Å². The molecule has 0 spiro atoms. The van der Waals surface area contributed by atoms with Crippen molar-refractivity contribution in [3.8, 4) is 0 Å². The Morgan fingerprint density at radius 1 is 1.17 bits per heavy atom. The summed E-state index contributed by atoms with van der Waals surface area (Å²) in [6, 6.07) is 11.6. The van der Waals surface area contributed by atoms with E-state index in [1.54, 1.807) is 56.0 Å². The van der Waals surface area contributed by atoms with E-state index in [2.05, 4.69) is 10.2 Å². The Labute approximate surface area is 219 Å². The minimum absolute atomic E-state index is 0.0393. The maximum Gasteiger partial charge on any atom is 0.261 e. The van der Waals surface area contributed by atoms with Gasteiger partial charge in [0, 0.05) is 23.5 Å². The Morgan fingerprint density at radius 3 is 2.53 bits per heavy atom. The summed E-state index contributed by atoms with van der Waals surface area (Å²) in [4.78, 5) is 33.1. The van der Waals surface area contributed by atoms with Crippen molar-refractivity contribution in [2.45, 2.75) is 46.2 Å². The van der Waals surface area contributed by atoms with E-state index in [9.17, 15) is 9.59 Å². The van der Waals surface area contributed by atoms with E-state index in [0.717, 1.165) is 17.5 Å². The molecule has 2 amide bonds. The van der Waals surface area contributed by atoms with E-state index < -0.39 is 11.4 Å². The molecule has 9 heteroatoms. The van der Waals surface area contributed by atoms with Crippen LogP contribution in [0.1, 0.15) is 47.1 Å². The zero-order valence-electron chi connectivity index (χ0n) is 20.4. The van der Waals surface area contributed by atoms with Gasteiger partial charge in [0.1, 0.15) is 11.4 Å². The minimum Gasteiger partial charge on any atom is -0.347 e. The molecule has 1 aliphatic heterocycles. The zero-order chi connectivity index (χ0) is 26.2. The van der Waals surface area contributed by atoms with E-state index in [1.807, 2.05) is 18.4 Å². The number of anilines is 2. The maximum atomic E-state index is 15.1. The van der Waals surface area contributed by atoms with E-state index in [0.29, 0.717) is 27.5 Å². The second-order valence-corrected chi connectivity index (χ2v) is 10.3. The Bertz CT molecular complexity index is 1420. The van der Waals surface area contributed by atoms with Crippen molar-refractivity contribution in [2.75, 3.05) is 9.80 Å². The number of carbonyl (C=O) groups excluding carboxylic acids is 2. The highest BCUT2D eigenvalue weighted by atomic mass is 32.1. The summed E-state index contributed by atoms with van der Waals surface area (Å²) in [5, 5.41) is 4.89. The summed E-state index contributed by atoms with van der Waals surface area (Å²) < 4.78 is 15.1. The Balaban J connectivity index is 1.57. The van der Waals surface area contributed by atoms with E-state index in [-0.39, 0.29) is 23.5 Å². The highest BCUT2D eigenvalue weighted by Gasteiger charge is 2.50. The lowest BCUT2D eigenvalue weighted by molar-refractivity contribution is -0.120. The summed E-state index contributed by atoms with van der Waals surface area (Å²) in [7, 11) is 0.